The van der Waals surface area contributed by atoms with E-state index in [1.807, 2.05) is 71.6 Å². The van der Waals surface area contributed by atoms with E-state index in [9.17, 15) is 19.2 Å². The van der Waals surface area contributed by atoms with E-state index in [0.717, 1.165) is 48.9 Å². The summed E-state index contributed by atoms with van der Waals surface area (Å²) in [6, 6.07) is 24.7. The fourth-order valence-electron chi connectivity index (χ4n) is 5.93. The predicted molar refractivity (Wildman–Crippen MR) is 166 cm³/mol. The summed E-state index contributed by atoms with van der Waals surface area (Å²) in [6.45, 7) is 3.44. The third-order valence-electron chi connectivity index (χ3n) is 8.50. The number of Topliss-reactive ketones (excluding diaryl/α,β-unsaturated/α-hetero) is 1. The molecule has 0 atom stereocenters. The molecule has 0 saturated carbocycles. The van der Waals surface area contributed by atoms with Gasteiger partial charge in [-0.3, -0.25) is 19.7 Å². The van der Waals surface area contributed by atoms with Crippen LogP contribution in [0.25, 0.3) is 11.1 Å². The molecule has 8 nitrogen and oxygen atoms in total. The monoisotopic (exact) mass is 581 g/mol. The van der Waals surface area contributed by atoms with Crippen molar-refractivity contribution in [3.63, 3.8) is 0 Å². The van der Waals surface area contributed by atoms with Crippen LogP contribution in [-0.4, -0.2) is 72.7 Å². The van der Waals surface area contributed by atoms with E-state index in [-0.39, 0.29) is 23.7 Å². The molecule has 3 aromatic rings. The number of aldehydes is 1. The first-order valence-corrected chi connectivity index (χ1v) is 15.2. The summed E-state index contributed by atoms with van der Waals surface area (Å²) in [4.78, 5) is 53.3. The van der Waals surface area contributed by atoms with Gasteiger partial charge in [0.05, 0.1) is 5.69 Å². The number of benzene rings is 3. The Morgan fingerprint density at radius 1 is 0.814 bits per heavy atom. The maximum Gasteiger partial charge on any atom is 0.411 e. The van der Waals surface area contributed by atoms with Gasteiger partial charge in [-0.05, 0) is 42.9 Å². The lowest BCUT2D eigenvalue weighted by atomic mass is 9.89. The average Bonchev–Trinajstić information content (AvgIpc) is 3.05. The highest BCUT2D eigenvalue weighted by Crippen LogP contribution is 2.28. The van der Waals surface area contributed by atoms with Gasteiger partial charge in [-0.2, -0.15) is 0 Å². The van der Waals surface area contributed by atoms with Crippen LogP contribution >= 0.6 is 0 Å². The first-order chi connectivity index (χ1) is 21.0. The number of likely N-dealkylation sites (tertiary alicyclic amines) is 2. The van der Waals surface area contributed by atoms with Crippen LogP contribution in [0.5, 0.6) is 0 Å². The van der Waals surface area contributed by atoms with Gasteiger partial charge >= 0.3 is 6.09 Å². The van der Waals surface area contributed by atoms with Crippen molar-refractivity contribution in [3.8, 4) is 11.1 Å². The van der Waals surface area contributed by atoms with Crippen molar-refractivity contribution >= 4 is 29.8 Å². The fraction of sp³-hybridized carbons (Fsp3) is 0.371. The van der Waals surface area contributed by atoms with Crippen LogP contribution in [-0.2, 0) is 20.7 Å². The number of ether oxygens (including phenoxy) is 1. The highest BCUT2D eigenvalue weighted by atomic mass is 16.6. The van der Waals surface area contributed by atoms with Crippen LogP contribution in [0, 0.1) is 5.92 Å². The third kappa shape index (κ3) is 8.38. The van der Waals surface area contributed by atoms with Gasteiger partial charge in [0.1, 0.15) is 18.2 Å². The van der Waals surface area contributed by atoms with Crippen molar-refractivity contribution in [2.75, 3.05) is 38.0 Å². The zero-order chi connectivity index (χ0) is 30.0. The Hall–Kier alpha value is -4.30. The molecule has 0 radical (unpaired) electrons. The van der Waals surface area contributed by atoms with E-state index in [1.165, 1.54) is 0 Å². The van der Waals surface area contributed by atoms with Gasteiger partial charge < -0.3 is 14.5 Å². The van der Waals surface area contributed by atoms with E-state index >= 15 is 0 Å². The number of hydrogen-bond acceptors (Lipinski definition) is 6. The minimum absolute atomic E-state index is 0.0298. The Labute approximate surface area is 253 Å². The normalized spacial score (nSPS) is 16.4. The Morgan fingerprint density at radius 3 is 2.19 bits per heavy atom. The Morgan fingerprint density at radius 2 is 1.49 bits per heavy atom. The summed E-state index contributed by atoms with van der Waals surface area (Å²) in [5.74, 6) is 0.299. The Balaban J connectivity index is 0.989. The number of carbonyl (C=O) groups excluding carboxylic acids is 4. The summed E-state index contributed by atoms with van der Waals surface area (Å²) >= 11 is 0. The summed E-state index contributed by atoms with van der Waals surface area (Å²) < 4.78 is 5.74. The van der Waals surface area contributed by atoms with Crippen LogP contribution in [0.1, 0.15) is 48.0 Å². The van der Waals surface area contributed by atoms with Gasteiger partial charge in [-0.1, -0.05) is 72.8 Å². The number of rotatable bonds is 10. The topological polar surface area (TPSA) is 96.0 Å². The molecule has 2 fully saturated rings. The smallest absolute Gasteiger partial charge is 0.411 e. The van der Waals surface area contributed by atoms with Gasteiger partial charge in [0.2, 0.25) is 5.91 Å². The standard InChI is InChI=1S/C35H39N3O5/c39-25-27-12-10-26(11-13-27)24-33(40)29-14-22-38(23-15-29)34(41)18-21-37-19-16-30(17-20-37)43-35(42)36-32-9-5-4-8-31(32)28-6-2-1-3-7-28/h1-13,25,29-30H,14-24H2,(H,36,42). The Kier molecular flexibility index (Phi) is 10.3. The van der Waals surface area contributed by atoms with E-state index in [2.05, 4.69) is 10.2 Å². The van der Waals surface area contributed by atoms with E-state index < -0.39 is 6.09 Å². The van der Waals surface area contributed by atoms with E-state index in [0.29, 0.717) is 56.6 Å². The van der Waals surface area contributed by atoms with Crippen molar-refractivity contribution in [3.05, 3.63) is 90.0 Å². The van der Waals surface area contributed by atoms with Crippen molar-refractivity contribution in [2.45, 2.75) is 44.6 Å². The van der Waals surface area contributed by atoms with Gasteiger partial charge in [0.15, 0.2) is 0 Å². The number of amides is 2. The zero-order valence-corrected chi connectivity index (χ0v) is 24.5. The average molecular weight is 582 g/mol. The van der Waals surface area contributed by atoms with Crippen LogP contribution in [0.3, 0.4) is 0 Å². The number of hydrogen-bond donors (Lipinski definition) is 1. The molecular weight excluding hydrogens is 542 g/mol. The number of para-hydroxylation sites is 1. The van der Waals surface area contributed by atoms with Crippen LogP contribution in [0.2, 0.25) is 0 Å². The predicted octanol–water partition coefficient (Wildman–Crippen LogP) is 5.62. The molecule has 2 amide bonds. The van der Waals surface area contributed by atoms with Gasteiger partial charge in [-0.15, -0.1) is 0 Å². The van der Waals surface area contributed by atoms with Gasteiger partial charge in [-0.25, -0.2) is 4.79 Å². The number of carbonyl (C=O) groups is 4. The van der Waals surface area contributed by atoms with Crippen LogP contribution in [0.4, 0.5) is 10.5 Å². The second kappa shape index (κ2) is 14.7. The fourth-order valence-corrected chi connectivity index (χ4v) is 5.93. The minimum atomic E-state index is -0.449. The van der Waals surface area contributed by atoms with Crippen molar-refractivity contribution < 1.29 is 23.9 Å². The summed E-state index contributed by atoms with van der Waals surface area (Å²) in [5.41, 5.74) is 4.20. The van der Waals surface area contributed by atoms with Crippen molar-refractivity contribution in [1.29, 1.82) is 0 Å². The lowest BCUT2D eigenvalue weighted by Crippen LogP contribution is -2.43. The second-order valence-electron chi connectivity index (χ2n) is 11.4. The maximum atomic E-state index is 12.9. The zero-order valence-electron chi connectivity index (χ0n) is 24.5. The molecule has 1 N–H and O–H groups in total. The molecule has 0 spiro atoms. The van der Waals surface area contributed by atoms with Crippen LogP contribution in [0.15, 0.2) is 78.9 Å². The SMILES string of the molecule is O=Cc1ccc(CC(=O)C2CCN(C(=O)CCN3CCC(OC(=O)Nc4ccccc4-c4ccccc4)CC3)CC2)cc1. The quantitative estimate of drug-likeness (QED) is 0.312. The molecule has 5 rings (SSSR count). The molecule has 2 aliphatic rings. The lowest BCUT2D eigenvalue weighted by molar-refractivity contribution is -0.135. The number of piperidine rings is 2. The first kappa shape index (κ1) is 30.2. The second-order valence-corrected chi connectivity index (χ2v) is 11.4. The third-order valence-corrected chi connectivity index (χ3v) is 8.50. The molecule has 8 heteroatoms. The molecule has 0 aromatic heterocycles. The molecule has 0 bridgehead atoms. The largest absolute Gasteiger partial charge is 0.446 e. The van der Waals surface area contributed by atoms with Gasteiger partial charge in [0.25, 0.3) is 0 Å². The van der Waals surface area contributed by atoms with Gasteiger partial charge in [0, 0.05) is 62.6 Å². The van der Waals surface area contributed by atoms with Crippen LogP contribution < -0.4 is 5.32 Å². The highest BCUT2D eigenvalue weighted by molar-refractivity contribution is 5.91. The number of ketones is 1. The molecule has 2 saturated heterocycles. The summed E-state index contributed by atoms with van der Waals surface area (Å²) in [7, 11) is 0. The van der Waals surface area contributed by atoms with E-state index in [1.54, 1.807) is 12.1 Å². The molecule has 0 unspecified atom stereocenters. The molecule has 2 heterocycles. The lowest BCUT2D eigenvalue weighted by Gasteiger charge is -2.34. The minimum Gasteiger partial charge on any atom is -0.446 e. The summed E-state index contributed by atoms with van der Waals surface area (Å²) in [5, 5.41) is 2.91. The molecule has 3 aromatic carbocycles. The highest BCUT2D eigenvalue weighted by Gasteiger charge is 2.28. The molecule has 0 aliphatic carbocycles. The number of anilines is 1. The number of nitrogens with one attached hydrogen (secondary N) is 1. The molecular formula is C35H39N3O5. The van der Waals surface area contributed by atoms with Crippen molar-refractivity contribution in [1.82, 2.24) is 9.80 Å². The molecule has 43 heavy (non-hydrogen) atoms. The Bertz CT molecular complexity index is 1390. The first-order valence-electron chi connectivity index (χ1n) is 15.2. The van der Waals surface area contributed by atoms with E-state index in [4.69, 9.17) is 4.74 Å². The summed E-state index contributed by atoms with van der Waals surface area (Å²) in [6.07, 6.45) is 3.84. The maximum absolute atomic E-state index is 12.9. The van der Waals surface area contributed by atoms with Crippen molar-refractivity contribution in [2.24, 2.45) is 5.92 Å². The molecule has 224 valence electrons. The number of nitrogens with zero attached hydrogens (tertiary/aromatic N) is 2. The molecule has 2 aliphatic heterocycles.